The molecule has 0 aromatic carbocycles. The van der Waals surface area contributed by atoms with Gasteiger partial charge in [0.25, 0.3) is 0 Å². The van der Waals surface area contributed by atoms with E-state index in [1.54, 1.807) is 11.8 Å². The van der Waals surface area contributed by atoms with Gasteiger partial charge in [0.2, 0.25) is 11.8 Å². The smallest absolute Gasteiger partial charge is 0.245 e. The Kier molecular flexibility index (Phi) is 6.90. The molecule has 2 aliphatic heterocycles. The minimum absolute atomic E-state index is 0. The highest BCUT2D eigenvalue weighted by molar-refractivity contribution is 5.92. The van der Waals surface area contributed by atoms with E-state index in [2.05, 4.69) is 10.6 Å². The largest absolute Gasteiger partial charge is 0.378 e. The first-order valence-electron chi connectivity index (χ1n) is 7.51. The predicted molar refractivity (Wildman–Crippen MR) is 82.5 cm³/mol. The molecule has 2 N–H and O–H groups in total. The average molecular weight is 320 g/mol. The van der Waals surface area contributed by atoms with Crippen LogP contribution >= 0.6 is 12.4 Å². The van der Waals surface area contributed by atoms with E-state index in [1.807, 2.05) is 6.92 Å². The summed E-state index contributed by atoms with van der Waals surface area (Å²) < 4.78 is 5.23. The zero-order valence-electron chi connectivity index (χ0n) is 12.8. The van der Waals surface area contributed by atoms with E-state index >= 15 is 0 Å². The molecular formula is C14H26ClN3O3. The Bertz CT molecular complexity index is 366. The van der Waals surface area contributed by atoms with Gasteiger partial charge in [0.1, 0.15) is 6.04 Å². The van der Waals surface area contributed by atoms with Crippen LogP contribution in [0.2, 0.25) is 0 Å². The van der Waals surface area contributed by atoms with Crippen LogP contribution in [0.4, 0.5) is 0 Å². The second-order valence-electron chi connectivity index (χ2n) is 5.60. The van der Waals surface area contributed by atoms with Crippen LogP contribution in [-0.4, -0.2) is 61.1 Å². The van der Waals surface area contributed by atoms with E-state index in [0.717, 1.165) is 25.8 Å². The number of halogens is 1. The first-order valence-corrected chi connectivity index (χ1v) is 7.51. The molecule has 7 heteroatoms. The predicted octanol–water partition coefficient (Wildman–Crippen LogP) is 0.304. The van der Waals surface area contributed by atoms with Gasteiger partial charge >= 0.3 is 0 Å². The maximum absolute atomic E-state index is 12.4. The molecule has 2 saturated heterocycles. The van der Waals surface area contributed by atoms with E-state index in [4.69, 9.17) is 4.74 Å². The second-order valence-corrected chi connectivity index (χ2v) is 5.60. The van der Waals surface area contributed by atoms with Gasteiger partial charge < -0.3 is 20.3 Å². The average Bonchev–Trinajstić information content (AvgIpc) is 2.97. The minimum atomic E-state index is -0.487. The first kappa shape index (κ1) is 18.2. The topological polar surface area (TPSA) is 70.7 Å². The number of morpholine rings is 1. The molecule has 0 aromatic heterocycles. The highest BCUT2D eigenvalue weighted by atomic mass is 35.5. The van der Waals surface area contributed by atoms with E-state index in [1.165, 1.54) is 0 Å². The molecule has 2 atom stereocenters. The van der Waals surface area contributed by atoms with Crippen molar-refractivity contribution in [3.63, 3.8) is 0 Å². The fraction of sp³-hybridized carbons (Fsp3) is 0.857. The number of rotatable bonds is 4. The van der Waals surface area contributed by atoms with Gasteiger partial charge in [-0.2, -0.15) is 0 Å². The normalized spacial score (nSPS) is 26.9. The van der Waals surface area contributed by atoms with Crippen molar-refractivity contribution in [2.24, 2.45) is 0 Å². The molecule has 0 spiro atoms. The van der Waals surface area contributed by atoms with Crippen molar-refractivity contribution in [1.29, 1.82) is 0 Å². The SMILES string of the molecule is CCC1(C(=O)NC(C)C(=O)N2CCOCC2)CCCN1.Cl. The van der Waals surface area contributed by atoms with Gasteiger partial charge in [-0.1, -0.05) is 6.92 Å². The van der Waals surface area contributed by atoms with Gasteiger partial charge in [-0.15, -0.1) is 12.4 Å². The van der Waals surface area contributed by atoms with Crippen molar-refractivity contribution in [2.45, 2.75) is 44.7 Å². The number of nitrogens with one attached hydrogen (secondary N) is 2. The Hall–Kier alpha value is -0.850. The molecule has 0 bridgehead atoms. The van der Waals surface area contributed by atoms with Crippen LogP contribution < -0.4 is 10.6 Å². The summed E-state index contributed by atoms with van der Waals surface area (Å²) in [5, 5.41) is 6.16. The third kappa shape index (κ3) is 4.08. The summed E-state index contributed by atoms with van der Waals surface area (Å²) in [6, 6.07) is -0.480. The minimum Gasteiger partial charge on any atom is -0.378 e. The molecule has 6 nitrogen and oxygen atoms in total. The molecule has 0 aliphatic carbocycles. The molecule has 2 rings (SSSR count). The number of carbonyl (C=O) groups is 2. The highest BCUT2D eigenvalue weighted by Crippen LogP contribution is 2.23. The number of amides is 2. The molecule has 0 saturated carbocycles. The summed E-state index contributed by atoms with van der Waals surface area (Å²) >= 11 is 0. The second kappa shape index (κ2) is 7.96. The Morgan fingerprint density at radius 1 is 1.38 bits per heavy atom. The zero-order valence-corrected chi connectivity index (χ0v) is 13.6. The lowest BCUT2D eigenvalue weighted by atomic mass is 9.93. The standard InChI is InChI=1S/C14H25N3O3.ClH/c1-3-14(5-4-6-15-14)13(19)16-11(2)12(18)17-7-9-20-10-8-17;/h11,15H,3-10H2,1-2H3,(H,16,19);1H. The summed E-state index contributed by atoms with van der Waals surface area (Å²) in [4.78, 5) is 26.5. The maximum atomic E-state index is 12.4. The van der Waals surface area contributed by atoms with Crippen LogP contribution in [0, 0.1) is 0 Å². The zero-order chi connectivity index (χ0) is 14.6. The van der Waals surface area contributed by atoms with E-state index in [9.17, 15) is 9.59 Å². The quantitative estimate of drug-likeness (QED) is 0.782. The van der Waals surface area contributed by atoms with Crippen molar-refractivity contribution in [2.75, 3.05) is 32.8 Å². The third-order valence-electron chi connectivity index (χ3n) is 4.32. The van der Waals surface area contributed by atoms with Crippen LogP contribution in [0.25, 0.3) is 0 Å². The number of nitrogens with zero attached hydrogens (tertiary/aromatic N) is 1. The summed E-state index contributed by atoms with van der Waals surface area (Å²) in [5.41, 5.74) is -0.487. The summed E-state index contributed by atoms with van der Waals surface area (Å²) in [7, 11) is 0. The fourth-order valence-corrected chi connectivity index (χ4v) is 2.92. The highest BCUT2D eigenvalue weighted by Gasteiger charge is 2.40. The van der Waals surface area contributed by atoms with E-state index in [0.29, 0.717) is 26.3 Å². The lowest BCUT2D eigenvalue weighted by molar-refractivity contribution is -0.140. The van der Waals surface area contributed by atoms with Gasteiger partial charge in [0.05, 0.1) is 18.8 Å². The molecular weight excluding hydrogens is 294 g/mol. The first-order chi connectivity index (χ1) is 9.59. The van der Waals surface area contributed by atoms with Gasteiger partial charge in [0, 0.05) is 13.1 Å². The number of hydrogen-bond acceptors (Lipinski definition) is 4. The lowest BCUT2D eigenvalue weighted by Gasteiger charge is -2.32. The molecule has 2 aliphatic rings. The lowest BCUT2D eigenvalue weighted by Crippen LogP contribution is -2.58. The molecule has 2 heterocycles. The summed E-state index contributed by atoms with van der Waals surface area (Å²) in [5.74, 6) is -0.0718. The van der Waals surface area contributed by atoms with Crippen LogP contribution in [-0.2, 0) is 14.3 Å². The van der Waals surface area contributed by atoms with Crippen LogP contribution in [0.5, 0.6) is 0 Å². The number of hydrogen-bond donors (Lipinski definition) is 2. The van der Waals surface area contributed by atoms with E-state index < -0.39 is 11.6 Å². The number of ether oxygens (including phenoxy) is 1. The van der Waals surface area contributed by atoms with Crippen molar-refractivity contribution in [1.82, 2.24) is 15.5 Å². The van der Waals surface area contributed by atoms with Crippen LogP contribution in [0.1, 0.15) is 33.1 Å². The fourth-order valence-electron chi connectivity index (χ4n) is 2.92. The van der Waals surface area contributed by atoms with E-state index in [-0.39, 0.29) is 24.2 Å². The van der Waals surface area contributed by atoms with Gasteiger partial charge in [-0.3, -0.25) is 9.59 Å². The molecule has 2 fully saturated rings. The summed E-state index contributed by atoms with van der Waals surface area (Å²) in [6.45, 7) is 7.00. The van der Waals surface area contributed by atoms with Crippen molar-refractivity contribution < 1.29 is 14.3 Å². The monoisotopic (exact) mass is 319 g/mol. The van der Waals surface area contributed by atoms with Gasteiger partial charge in [-0.05, 0) is 32.7 Å². The Morgan fingerprint density at radius 2 is 2.05 bits per heavy atom. The molecule has 0 aromatic rings. The summed E-state index contributed by atoms with van der Waals surface area (Å²) in [6.07, 6.45) is 2.60. The Labute approximate surface area is 132 Å². The van der Waals surface area contributed by atoms with Crippen LogP contribution in [0.3, 0.4) is 0 Å². The molecule has 0 radical (unpaired) electrons. The molecule has 122 valence electrons. The van der Waals surface area contributed by atoms with Crippen LogP contribution in [0.15, 0.2) is 0 Å². The molecule has 2 amide bonds. The Balaban J connectivity index is 0.00000220. The van der Waals surface area contributed by atoms with Crippen molar-refractivity contribution >= 4 is 24.2 Å². The molecule has 2 unspecified atom stereocenters. The molecule has 21 heavy (non-hydrogen) atoms. The maximum Gasteiger partial charge on any atom is 0.245 e. The third-order valence-corrected chi connectivity index (χ3v) is 4.32. The van der Waals surface area contributed by atoms with Crippen molar-refractivity contribution in [3.05, 3.63) is 0 Å². The Morgan fingerprint density at radius 3 is 2.57 bits per heavy atom. The van der Waals surface area contributed by atoms with Crippen molar-refractivity contribution in [3.8, 4) is 0 Å². The van der Waals surface area contributed by atoms with Gasteiger partial charge in [-0.25, -0.2) is 0 Å². The number of carbonyl (C=O) groups excluding carboxylic acids is 2. The van der Waals surface area contributed by atoms with Gasteiger partial charge in [0.15, 0.2) is 0 Å².